The van der Waals surface area contributed by atoms with Crippen molar-refractivity contribution in [2.24, 2.45) is 23.5 Å². The molecule has 0 atom stereocenters. The summed E-state index contributed by atoms with van der Waals surface area (Å²) in [5.41, 5.74) is 8.72. The van der Waals surface area contributed by atoms with Gasteiger partial charge in [-0.15, -0.1) is 0 Å². The van der Waals surface area contributed by atoms with Crippen LogP contribution in [0.5, 0.6) is 0 Å². The predicted octanol–water partition coefficient (Wildman–Crippen LogP) is 0.458. The summed E-state index contributed by atoms with van der Waals surface area (Å²) in [5, 5.41) is 0. The number of guanidine groups is 1. The van der Waals surface area contributed by atoms with Crippen molar-refractivity contribution in [2.45, 2.75) is 6.18 Å². The first-order valence-electron chi connectivity index (χ1n) is 4.10. The van der Waals surface area contributed by atoms with E-state index in [-0.39, 0.29) is 5.69 Å². The second kappa shape index (κ2) is 3.87. The Hall–Kier alpha value is -1.99. The van der Waals surface area contributed by atoms with Crippen molar-refractivity contribution in [1.29, 1.82) is 0 Å². The van der Waals surface area contributed by atoms with Gasteiger partial charge in [-0.1, -0.05) is 0 Å². The van der Waals surface area contributed by atoms with E-state index in [4.69, 9.17) is 11.5 Å². The number of nitrogens with two attached hydrogens (primary N) is 2. The van der Waals surface area contributed by atoms with Crippen molar-refractivity contribution < 1.29 is 18.0 Å². The maximum atomic E-state index is 12.4. The van der Waals surface area contributed by atoms with Crippen molar-refractivity contribution in [2.75, 3.05) is 0 Å². The van der Waals surface area contributed by atoms with Crippen LogP contribution in [0.1, 0.15) is 16.2 Å². The number of alkyl halides is 3. The molecule has 5 nitrogen and oxygen atoms in total. The Kier molecular flexibility index (Phi) is 2.92. The summed E-state index contributed by atoms with van der Waals surface area (Å²) in [4.78, 5) is 14.4. The molecular formula is C8H9F3N4O. The Balaban J connectivity index is 3.15. The molecule has 8 heteroatoms. The molecule has 0 radical (unpaired) electrons. The molecule has 1 heterocycles. The first kappa shape index (κ1) is 12.1. The van der Waals surface area contributed by atoms with Gasteiger partial charge in [0.15, 0.2) is 5.96 Å². The fourth-order valence-electron chi connectivity index (χ4n) is 1.19. The maximum absolute atomic E-state index is 12.4. The number of carbonyl (C=O) groups is 1. The molecule has 88 valence electrons. The van der Waals surface area contributed by atoms with Crippen molar-refractivity contribution in [3.8, 4) is 0 Å². The third-order valence-corrected chi connectivity index (χ3v) is 1.86. The summed E-state index contributed by atoms with van der Waals surface area (Å²) >= 11 is 0. The molecule has 0 spiro atoms. The van der Waals surface area contributed by atoms with Gasteiger partial charge >= 0.3 is 6.18 Å². The summed E-state index contributed by atoms with van der Waals surface area (Å²) in [6, 6.07) is 1.80. The quantitative estimate of drug-likeness (QED) is 0.546. The summed E-state index contributed by atoms with van der Waals surface area (Å²) < 4.78 is 37.8. The molecule has 0 aliphatic carbocycles. The van der Waals surface area contributed by atoms with Crippen LogP contribution in [0, 0.1) is 0 Å². The zero-order valence-electron chi connectivity index (χ0n) is 8.25. The lowest BCUT2D eigenvalue weighted by atomic mass is 10.4. The number of carbonyl (C=O) groups excluding carboxylic acids is 1. The second-order valence-corrected chi connectivity index (χ2v) is 3.00. The molecule has 0 unspecified atom stereocenters. The molecule has 1 amide bonds. The van der Waals surface area contributed by atoms with E-state index in [9.17, 15) is 18.0 Å². The molecular weight excluding hydrogens is 225 g/mol. The molecule has 0 saturated carbocycles. The maximum Gasteiger partial charge on any atom is 0.431 e. The van der Waals surface area contributed by atoms with Gasteiger partial charge in [-0.2, -0.15) is 18.2 Å². The number of aliphatic imine (C=N–C) groups is 1. The van der Waals surface area contributed by atoms with Crippen LogP contribution in [-0.2, 0) is 13.2 Å². The second-order valence-electron chi connectivity index (χ2n) is 3.00. The predicted molar refractivity (Wildman–Crippen MR) is 50.6 cm³/mol. The smallest absolute Gasteiger partial charge is 0.370 e. The van der Waals surface area contributed by atoms with E-state index in [0.717, 1.165) is 19.2 Å². The topological polar surface area (TPSA) is 86.4 Å². The molecule has 4 N–H and O–H groups in total. The highest BCUT2D eigenvalue weighted by molar-refractivity contribution is 6.00. The van der Waals surface area contributed by atoms with Crippen LogP contribution in [-0.4, -0.2) is 16.4 Å². The number of hydrogen-bond donors (Lipinski definition) is 2. The fourth-order valence-corrected chi connectivity index (χ4v) is 1.19. The lowest BCUT2D eigenvalue weighted by molar-refractivity contribution is -0.143. The van der Waals surface area contributed by atoms with Crippen molar-refractivity contribution >= 4 is 11.9 Å². The van der Waals surface area contributed by atoms with Crippen molar-refractivity contribution in [1.82, 2.24) is 4.57 Å². The van der Waals surface area contributed by atoms with Gasteiger partial charge in [0.25, 0.3) is 5.91 Å². The first-order chi connectivity index (χ1) is 7.23. The van der Waals surface area contributed by atoms with Crippen LogP contribution >= 0.6 is 0 Å². The fraction of sp³-hybridized carbons (Fsp3) is 0.250. The van der Waals surface area contributed by atoms with Crippen LogP contribution < -0.4 is 11.5 Å². The zero-order chi connectivity index (χ0) is 12.5. The number of rotatable bonds is 1. The van der Waals surface area contributed by atoms with Gasteiger partial charge in [0.2, 0.25) is 0 Å². The normalized spacial score (nSPS) is 11.2. The van der Waals surface area contributed by atoms with Crippen LogP contribution in [0.15, 0.2) is 17.1 Å². The van der Waals surface area contributed by atoms with Gasteiger partial charge in [-0.3, -0.25) is 4.79 Å². The molecule has 1 rings (SSSR count). The molecule has 0 aromatic carbocycles. The highest BCUT2D eigenvalue weighted by Gasteiger charge is 2.34. The van der Waals surface area contributed by atoms with Gasteiger partial charge in [0.05, 0.1) is 0 Å². The Morgan fingerprint density at radius 2 is 1.94 bits per heavy atom. The summed E-state index contributed by atoms with van der Waals surface area (Å²) in [5.74, 6) is -1.42. The molecule has 0 saturated heterocycles. The molecule has 16 heavy (non-hydrogen) atoms. The number of aromatic nitrogens is 1. The lowest BCUT2D eigenvalue weighted by Gasteiger charge is -2.08. The van der Waals surface area contributed by atoms with E-state index in [1.165, 1.54) is 0 Å². The van der Waals surface area contributed by atoms with E-state index >= 15 is 0 Å². The number of halogens is 3. The van der Waals surface area contributed by atoms with Gasteiger partial charge < -0.3 is 16.0 Å². The monoisotopic (exact) mass is 234 g/mol. The van der Waals surface area contributed by atoms with Crippen molar-refractivity contribution in [3.63, 3.8) is 0 Å². The minimum Gasteiger partial charge on any atom is -0.370 e. The molecule has 1 aromatic heterocycles. The average molecular weight is 234 g/mol. The third kappa shape index (κ3) is 2.33. The largest absolute Gasteiger partial charge is 0.431 e. The molecule has 0 aliphatic rings. The lowest BCUT2D eigenvalue weighted by Crippen LogP contribution is -2.25. The zero-order valence-corrected chi connectivity index (χ0v) is 8.25. The van der Waals surface area contributed by atoms with E-state index in [2.05, 4.69) is 4.99 Å². The minimum absolute atomic E-state index is 0.235. The summed E-state index contributed by atoms with van der Waals surface area (Å²) in [6.07, 6.45) is -4.52. The Labute approximate surface area is 88.5 Å². The van der Waals surface area contributed by atoms with Crippen molar-refractivity contribution in [3.05, 3.63) is 23.5 Å². The SMILES string of the molecule is Cn1c(C(=O)N=C(N)N)ccc1C(F)(F)F. The standard InChI is InChI=1S/C8H9F3N4O/c1-15-4(6(16)14-7(12)13)2-3-5(15)8(9,10)11/h2-3H,1H3,(H4,12,13,14,16). The first-order valence-corrected chi connectivity index (χ1v) is 4.10. The number of hydrogen-bond acceptors (Lipinski definition) is 1. The van der Waals surface area contributed by atoms with E-state index in [1.807, 2.05) is 0 Å². The molecule has 0 aliphatic heterocycles. The number of amides is 1. The van der Waals surface area contributed by atoms with Gasteiger partial charge in [0, 0.05) is 7.05 Å². The van der Waals surface area contributed by atoms with Crippen LogP contribution in [0.25, 0.3) is 0 Å². The Morgan fingerprint density at radius 1 is 1.38 bits per heavy atom. The Morgan fingerprint density at radius 3 is 2.31 bits per heavy atom. The average Bonchev–Trinajstić information content (AvgIpc) is 2.44. The van der Waals surface area contributed by atoms with Crippen LogP contribution in [0.4, 0.5) is 13.2 Å². The van der Waals surface area contributed by atoms with Crippen LogP contribution in [0.2, 0.25) is 0 Å². The minimum atomic E-state index is -4.52. The van der Waals surface area contributed by atoms with Crippen LogP contribution in [0.3, 0.4) is 0 Å². The number of nitrogens with zero attached hydrogens (tertiary/aromatic N) is 2. The highest BCUT2D eigenvalue weighted by atomic mass is 19.4. The Bertz CT molecular complexity index is 443. The molecule has 0 fully saturated rings. The molecule has 0 bridgehead atoms. The highest BCUT2D eigenvalue weighted by Crippen LogP contribution is 2.30. The third-order valence-electron chi connectivity index (χ3n) is 1.86. The van der Waals surface area contributed by atoms with E-state index in [0.29, 0.717) is 4.57 Å². The van der Waals surface area contributed by atoms with Gasteiger partial charge in [-0.25, -0.2) is 0 Å². The van der Waals surface area contributed by atoms with Gasteiger partial charge in [-0.05, 0) is 12.1 Å². The van der Waals surface area contributed by atoms with E-state index in [1.54, 1.807) is 0 Å². The van der Waals surface area contributed by atoms with E-state index < -0.39 is 23.7 Å². The molecule has 1 aromatic rings. The van der Waals surface area contributed by atoms with Gasteiger partial charge in [0.1, 0.15) is 11.4 Å². The summed E-state index contributed by atoms with van der Waals surface area (Å²) in [6.45, 7) is 0. The summed E-state index contributed by atoms with van der Waals surface area (Å²) in [7, 11) is 1.11.